The molecule has 276 valence electrons. The molecule has 0 aliphatic carbocycles. The van der Waals surface area contributed by atoms with Gasteiger partial charge in [0.1, 0.15) is 0 Å². The molecule has 0 unspecified atom stereocenters. The topological polar surface area (TPSA) is 43.6 Å². The lowest BCUT2D eigenvalue weighted by atomic mass is 9.92. The molecule has 11 rings (SSSR count). The molecule has 59 heavy (non-hydrogen) atoms. The summed E-state index contributed by atoms with van der Waals surface area (Å²) in [6, 6.07) is 76.9. The second-order valence-electron chi connectivity index (χ2n) is 14.8. The van der Waals surface area contributed by atoms with E-state index in [9.17, 15) is 0 Å². The van der Waals surface area contributed by atoms with Gasteiger partial charge in [0.05, 0.1) is 16.7 Å². The monoisotopic (exact) mass is 752 g/mol. The van der Waals surface area contributed by atoms with Crippen molar-refractivity contribution < 1.29 is 0 Å². The Hall–Kier alpha value is -7.95. The fraction of sp³-hybridized carbons (Fsp3) is 0. The second-order valence-corrected chi connectivity index (χ2v) is 14.8. The predicted molar refractivity (Wildman–Crippen MR) is 244 cm³/mol. The molecule has 4 heteroatoms. The Labute approximate surface area is 342 Å². The Morgan fingerprint density at radius 1 is 0.271 bits per heavy atom. The number of fused-ring (bicyclic) bond motifs is 4. The molecule has 0 aliphatic heterocycles. The highest BCUT2D eigenvalue weighted by Crippen LogP contribution is 2.43. The molecule has 4 nitrogen and oxygen atoms in total. The first-order chi connectivity index (χ1) is 29.3. The Morgan fingerprint density at radius 2 is 0.627 bits per heavy atom. The molecule has 2 heterocycles. The van der Waals surface area contributed by atoms with Gasteiger partial charge < -0.3 is 4.57 Å². The summed E-state index contributed by atoms with van der Waals surface area (Å²) in [6.07, 6.45) is 0. The molecule has 2 aromatic heterocycles. The van der Waals surface area contributed by atoms with E-state index in [2.05, 4.69) is 211 Å². The predicted octanol–water partition coefficient (Wildman–Crippen LogP) is 14.1. The van der Waals surface area contributed by atoms with Gasteiger partial charge in [-0.3, -0.25) is 0 Å². The number of benzene rings is 9. The van der Waals surface area contributed by atoms with Gasteiger partial charge in [-0.2, -0.15) is 0 Å². The van der Waals surface area contributed by atoms with Crippen LogP contribution in [0.4, 0.5) is 0 Å². The van der Waals surface area contributed by atoms with Crippen molar-refractivity contribution in [3.05, 3.63) is 218 Å². The van der Waals surface area contributed by atoms with Crippen molar-refractivity contribution in [1.82, 2.24) is 19.5 Å². The second kappa shape index (κ2) is 14.5. The summed E-state index contributed by atoms with van der Waals surface area (Å²) in [5.41, 5.74) is 13.0. The first kappa shape index (κ1) is 34.3. The molecule has 0 radical (unpaired) electrons. The quantitative estimate of drug-likeness (QED) is 0.163. The van der Waals surface area contributed by atoms with E-state index in [0.29, 0.717) is 17.5 Å². The molecule has 0 spiro atoms. The van der Waals surface area contributed by atoms with Crippen molar-refractivity contribution in [3.63, 3.8) is 0 Å². The van der Waals surface area contributed by atoms with E-state index in [-0.39, 0.29) is 0 Å². The lowest BCUT2D eigenvalue weighted by molar-refractivity contribution is 1.07. The van der Waals surface area contributed by atoms with Gasteiger partial charge in [-0.1, -0.05) is 200 Å². The number of para-hydroxylation sites is 2. The van der Waals surface area contributed by atoms with Crippen LogP contribution in [-0.2, 0) is 0 Å². The first-order valence-corrected chi connectivity index (χ1v) is 19.9. The third kappa shape index (κ3) is 6.15. The van der Waals surface area contributed by atoms with Crippen LogP contribution in [0, 0.1) is 0 Å². The molecule has 0 saturated carbocycles. The molecule has 9 aromatic carbocycles. The van der Waals surface area contributed by atoms with E-state index in [0.717, 1.165) is 77.6 Å². The molecule has 0 fully saturated rings. The number of hydrogen-bond acceptors (Lipinski definition) is 3. The van der Waals surface area contributed by atoms with E-state index in [1.54, 1.807) is 0 Å². The summed E-state index contributed by atoms with van der Waals surface area (Å²) in [6.45, 7) is 0. The summed E-state index contributed by atoms with van der Waals surface area (Å²) < 4.78 is 2.41. The average molecular weight is 753 g/mol. The average Bonchev–Trinajstić information content (AvgIpc) is 3.66. The lowest BCUT2D eigenvalue weighted by Gasteiger charge is -2.20. The molecule has 0 aliphatic rings. The minimum atomic E-state index is 0.613. The highest BCUT2D eigenvalue weighted by atomic mass is 15.0. The molecular formula is C55H36N4. The molecule has 0 bridgehead atoms. The van der Waals surface area contributed by atoms with Crippen molar-refractivity contribution in [3.8, 4) is 73.2 Å². The first-order valence-electron chi connectivity index (χ1n) is 19.9. The highest BCUT2D eigenvalue weighted by Gasteiger charge is 2.22. The third-order valence-electron chi connectivity index (χ3n) is 11.3. The largest absolute Gasteiger partial charge is 0.309 e. The third-order valence-corrected chi connectivity index (χ3v) is 11.3. The standard InChI is InChI=1S/C55H36N4/c1-4-16-37(17-5-1)39-28-32-42(33-29-39)53-56-54(43-34-30-40(31-35-43)38-18-6-2-7-19-38)58-55(57-53)48-36-51(52(41-20-8-3-9-21-41)47-25-11-10-22-44(47)48)59-49-26-14-12-23-45(49)46-24-13-15-27-50(46)59/h1-36H. The number of aromatic nitrogens is 4. The summed E-state index contributed by atoms with van der Waals surface area (Å²) in [5, 5.41) is 4.60. The maximum absolute atomic E-state index is 5.34. The van der Waals surface area contributed by atoms with Crippen molar-refractivity contribution >= 4 is 32.6 Å². The van der Waals surface area contributed by atoms with Gasteiger partial charge in [0.15, 0.2) is 17.5 Å². The summed E-state index contributed by atoms with van der Waals surface area (Å²) in [5.74, 6) is 1.85. The fourth-order valence-corrected chi connectivity index (χ4v) is 8.45. The van der Waals surface area contributed by atoms with Crippen LogP contribution in [-0.4, -0.2) is 19.5 Å². The zero-order valence-corrected chi connectivity index (χ0v) is 32.1. The Balaban J connectivity index is 1.18. The van der Waals surface area contributed by atoms with Crippen molar-refractivity contribution in [2.45, 2.75) is 0 Å². The van der Waals surface area contributed by atoms with E-state index in [4.69, 9.17) is 15.0 Å². The molecule has 11 aromatic rings. The number of hydrogen-bond donors (Lipinski definition) is 0. The van der Waals surface area contributed by atoms with Crippen LogP contribution in [0.2, 0.25) is 0 Å². The molecule has 0 atom stereocenters. The van der Waals surface area contributed by atoms with E-state index in [1.165, 1.54) is 10.8 Å². The van der Waals surface area contributed by atoms with Gasteiger partial charge in [0, 0.05) is 33.0 Å². The maximum Gasteiger partial charge on any atom is 0.164 e. The van der Waals surface area contributed by atoms with Crippen LogP contribution in [0.5, 0.6) is 0 Å². The summed E-state index contributed by atoms with van der Waals surface area (Å²) in [7, 11) is 0. The van der Waals surface area contributed by atoms with E-state index in [1.807, 2.05) is 12.1 Å². The van der Waals surface area contributed by atoms with Crippen LogP contribution in [0.25, 0.3) is 106 Å². The van der Waals surface area contributed by atoms with E-state index < -0.39 is 0 Å². The zero-order chi connectivity index (χ0) is 39.1. The highest BCUT2D eigenvalue weighted by molar-refractivity contribution is 6.13. The van der Waals surface area contributed by atoms with Crippen LogP contribution in [0.15, 0.2) is 218 Å². The van der Waals surface area contributed by atoms with Crippen LogP contribution in [0.3, 0.4) is 0 Å². The molecule has 0 N–H and O–H groups in total. The van der Waals surface area contributed by atoms with Gasteiger partial charge in [0.25, 0.3) is 0 Å². The summed E-state index contributed by atoms with van der Waals surface area (Å²) >= 11 is 0. The lowest BCUT2D eigenvalue weighted by Crippen LogP contribution is -2.03. The maximum atomic E-state index is 5.34. The minimum absolute atomic E-state index is 0.613. The molecular weight excluding hydrogens is 717 g/mol. The van der Waals surface area contributed by atoms with Crippen LogP contribution in [0.1, 0.15) is 0 Å². The number of rotatable bonds is 7. The van der Waals surface area contributed by atoms with Gasteiger partial charge in [0.2, 0.25) is 0 Å². The van der Waals surface area contributed by atoms with Gasteiger partial charge >= 0.3 is 0 Å². The van der Waals surface area contributed by atoms with Crippen molar-refractivity contribution in [2.75, 3.05) is 0 Å². The number of nitrogens with zero attached hydrogens (tertiary/aromatic N) is 4. The smallest absolute Gasteiger partial charge is 0.164 e. The summed E-state index contributed by atoms with van der Waals surface area (Å²) in [4.78, 5) is 15.8. The fourth-order valence-electron chi connectivity index (χ4n) is 8.45. The minimum Gasteiger partial charge on any atom is -0.309 e. The van der Waals surface area contributed by atoms with E-state index >= 15 is 0 Å². The zero-order valence-electron chi connectivity index (χ0n) is 32.1. The van der Waals surface area contributed by atoms with Crippen LogP contribution < -0.4 is 0 Å². The van der Waals surface area contributed by atoms with Gasteiger partial charge in [-0.05, 0) is 56.8 Å². The molecule has 0 amide bonds. The SMILES string of the molecule is c1ccc(-c2ccc(-c3nc(-c4ccc(-c5ccccc5)cc4)nc(-c4cc(-n5c6ccccc6c6ccccc65)c(-c5ccccc5)c5ccccc45)n3)cc2)cc1. The van der Waals surface area contributed by atoms with Crippen molar-refractivity contribution in [2.24, 2.45) is 0 Å². The van der Waals surface area contributed by atoms with Gasteiger partial charge in [-0.15, -0.1) is 0 Å². The van der Waals surface area contributed by atoms with Gasteiger partial charge in [-0.25, -0.2) is 15.0 Å². The Bertz CT molecular complexity index is 3130. The Morgan fingerprint density at radius 3 is 1.12 bits per heavy atom. The Kier molecular flexibility index (Phi) is 8.45. The van der Waals surface area contributed by atoms with Crippen molar-refractivity contribution in [1.29, 1.82) is 0 Å². The normalized spacial score (nSPS) is 11.4. The van der Waals surface area contributed by atoms with Crippen LogP contribution >= 0.6 is 0 Å². The molecule has 0 saturated heterocycles.